The van der Waals surface area contributed by atoms with Gasteiger partial charge in [0.25, 0.3) is 0 Å². The van der Waals surface area contributed by atoms with Crippen molar-refractivity contribution in [2.45, 2.75) is 18.6 Å². The Hall–Kier alpha value is -3.47. The van der Waals surface area contributed by atoms with Crippen LogP contribution in [-0.2, 0) is 11.3 Å². The smallest absolute Gasteiger partial charge is 0.357 e. The fraction of sp³-hybridized carbons (Fsp3) is 0.136. The molecule has 2 heterocycles. The number of hydrazine groups is 1. The summed E-state index contributed by atoms with van der Waals surface area (Å²) in [5.74, 6) is -5.36. The second kappa shape index (κ2) is 10.2. The third-order valence-electron chi connectivity index (χ3n) is 4.87. The van der Waals surface area contributed by atoms with Gasteiger partial charge in [0.1, 0.15) is 5.75 Å². The van der Waals surface area contributed by atoms with Gasteiger partial charge in [0.05, 0.1) is 17.9 Å². The molecule has 3 amide bonds. The van der Waals surface area contributed by atoms with Crippen LogP contribution >= 0.6 is 24.0 Å². The quantitative estimate of drug-likeness (QED) is 0.453. The number of carbonyl (C=O) groups excluding carboxylic acids is 2. The number of benzene rings is 2. The van der Waals surface area contributed by atoms with Crippen molar-refractivity contribution in [1.82, 2.24) is 15.8 Å². The summed E-state index contributed by atoms with van der Waals surface area (Å²) in [4.78, 5) is 29.8. The molecule has 0 aliphatic carbocycles. The Morgan fingerprint density at radius 3 is 2.56 bits per heavy atom. The summed E-state index contributed by atoms with van der Waals surface area (Å²) in [6, 6.07) is 14.7. The molecule has 178 valence electrons. The second-order valence-electron chi connectivity index (χ2n) is 7.07. The Balaban J connectivity index is 0.00000324. The van der Waals surface area contributed by atoms with Crippen LogP contribution in [0.5, 0.6) is 11.5 Å². The van der Waals surface area contributed by atoms with E-state index in [2.05, 4.69) is 4.98 Å². The first-order valence-electron chi connectivity index (χ1n) is 9.67. The van der Waals surface area contributed by atoms with Gasteiger partial charge in [-0.25, -0.2) is 10.2 Å². The Kier molecular flexibility index (Phi) is 7.55. The van der Waals surface area contributed by atoms with E-state index in [-0.39, 0.29) is 24.6 Å². The van der Waals surface area contributed by atoms with Crippen LogP contribution in [0.1, 0.15) is 17.4 Å². The highest BCUT2D eigenvalue weighted by Crippen LogP contribution is 2.40. The van der Waals surface area contributed by atoms with Crippen molar-refractivity contribution < 1.29 is 28.2 Å². The summed E-state index contributed by atoms with van der Waals surface area (Å²) in [5, 5.41) is 10.2. The number of pyridine rings is 1. The summed E-state index contributed by atoms with van der Waals surface area (Å²) in [5.41, 5.74) is 4.15. The predicted octanol–water partition coefficient (Wildman–Crippen LogP) is 4.38. The molecule has 2 aromatic carbocycles. The largest absolute Gasteiger partial charge is 0.455 e. The standard InChI is InChI=1S/C22H17ClF2N4O4.ClH/c23-14-8-9-18-16(11-14)29(12-13-5-1-2-7-17(13)33-18)21(32)28-27-20(31)22(24,25)19(30)15-6-3-4-10-26-15;/h1-11,19,30H,12H2,(H,27,31)(H,28,32);1H. The van der Waals surface area contributed by atoms with E-state index >= 15 is 0 Å². The van der Waals surface area contributed by atoms with Crippen LogP contribution < -0.4 is 20.5 Å². The number of fused-ring (bicyclic) bond motifs is 2. The molecule has 1 aromatic heterocycles. The summed E-state index contributed by atoms with van der Waals surface area (Å²) in [6.07, 6.45) is -1.30. The van der Waals surface area contributed by atoms with Crippen LogP contribution in [0.15, 0.2) is 66.9 Å². The minimum absolute atomic E-state index is 0. The predicted molar refractivity (Wildman–Crippen MR) is 122 cm³/mol. The Morgan fingerprint density at radius 2 is 1.82 bits per heavy atom. The van der Waals surface area contributed by atoms with Crippen LogP contribution in [0.4, 0.5) is 19.3 Å². The molecule has 1 atom stereocenters. The van der Waals surface area contributed by atoms with E-state index in [1.807, 2.05) is 5.43 Å². The van der Waals surface area contributed by atoms with E-state index in [9.17, 15) is 23.5 Å². The molecule has 0 radical (unpaired) electrons. The average Bonchev–Trinajstić information content (AvgIpc) is 2.98. The molecule has 1 unspecified atom stereocenters. The molecule has 4 rings (SSSR count). The normalized spacial score (nSPS) is 13.2. The van der Waals surface area contributed by atoms with Gasteiger partial charge in [-0.3, -0.25) is 20.1 Å². The number of carbonyl (C=O) groups is 2. The Morgan fingerprint density at radius 1 is 1.09 bits per heavy atom. The molecular formula is C22H18Cl2F2N4O4. The van der Waals surface area contributed by atoms with E-state index in [1.165, 1.54) is 29.3 Å². The maximum atomic E-state index is 14.4. The fourth-order valence-corrected chi connectivity index (χ4v) is 3.35. The van der Waals surface area contributed by atoms with E-state index in [0.29, 0.717) is 22.1 Å². The van der Waals surface area contributed by atoms with Gasteiger partial charge in [0.2, 0.25) is 0 Å². The van der Waals surface area contributed by atoms with Crippen LogP contribution in [0.2, 0.25) is 5.02 Å². The SMILES string of the molecule is Cl.O=C(NNC(=O)C(F)(F)C(O)c1ccccn1)N1Cc2ccccc2Oc2ccc(Cl)cc21. The van der Waals surface area contributed by atoms with Crippen LogP contribution in [0, 0.1) is 0 Å². The van der Waals surface area contributed by atoms with Crippen molar-refractivity contribution in [2.24, 2.45) is 0 Å². The maximum Gasteiger partial charge on any atom is 0.357 e. The van der Waals surface area contributed by atoms with Gasteiger partial charge in [-0.15, -0.1) is 12.4 Å². The van der Waals surface area contributed by atoms with Crippen molar-refractivity contribution in [3.05, 3.63) is 83.1 Å². The van der Waals surface area contributed by atoms with Crippen LogP contribution in [0.25, 0.3) is 0 Å². The number of aliphatic hydroxyl groups is 1. The summed E-state index contributed by atoms with van der Waals surface area (Å²) in [7, 11) is 0. The molecule has 34 heavy (non-hydrogen) atoms. The zero-order valence-corrected chi connectivity index (χ0v) is 18.8. The van der Waals surface area contributed by atoms with Crippen molar-refractivity contribution in [3.63, 3.8) is 0 Å². The lowest BCUT2D eigenvalue weighted by Crippen LogP contribution is -2.54. The zero-order chi connectivity index (χ0) is 23.6. The van der Waals surface area contributed by atoms with Gasteiger partial charge in [-0.2, -0.15) is 8.78 Å². The van der Waals surface area contributed by atoms with Gasteiger partial charge >= 0.3 is 17.9 Å². The molecule has 12 heteroatoms. The van der Waals surface area contributed by atoms with Crippen LogP contribution in [-0.4, -0.2) is 28.0 Å². The fourth-order valence-electron chi connectivity index (χ4n) is 3.19. The first-order valence-corrected chi connectivity index (χ1v) is 10.0. The highest BCUT2D eigenvalue weighted by molar-refractivity contribution is 6.31. The van der Waals surface area contributed by atoms with Crippen molar-refractivity contribution in [3.8, 4) is 11.5 Å². The number of aromatic nitrogens is 1. The third kappa shape index (κ3) is 5.04. The lowest BCUT2D eigenvalue weighted by atomic mass is 10.1. The number of rotatable bonds is 3. The van der Waals surface area contributed by atoms with Crippen molar-refractivity contribution >= 4 is 41.6 Å². The number of alkyl halides is 2. The molecule has 0 saturated carbocycles. The lowest BCUT2D eigenvalue weighted by Gasteiger charge is -2.25. The van der Waals surface area contributed by atoms with E-state index in [1.54, 1.807) is 41.8 Å². The number of nitrogens with one attached hydrogen (secondary N) is 2. The molecule has 0 fully saturated rings. The number of urea groups is 1. The number of hydrogen-bond acceptors (Lipinski definition) is 5. The molecule has 0 spiro atoms. The molecule has 3 N–H and O–H groups in total. The van der Waals surface area contributed by atoms with Crippen molar-refractivity contribution in [2.75, 3.05) is 4.90 Å². The number of anilines is 1. The second-order valence-corrected chi connectivity index (χ2v) is 7.51. The van der Waals surface area contributed by atoms with Gasteiger partial charge in [-0.1, -0.05) is 35.9 Å². The lowest BCUT2D eigenvalue weighted by molar-refractivity contribution is -0.165. The summed E-state index contributed by atoms with van der Waals surface area (Å²) in [6.45, 7) is 0.0121. The average molecular weight is 511 g/mol. The Labute approximate surface area is 203 Å². The molecule has 0 saturated heterocycles. The molecule has 1 aliphatic rings. The molecular weight excluding hydrogens is 493 g/mol. The molecule has 8 nitrogen and oxygen atoms in total. The van der Waals surface area contributed by atoms with Gasteiger partial charge in [-0.05, 0) is 36.4 Å². The Bertz CT molecular complexity index is 1200. The van der Waals surface area contributed by atoms with Gasteiger partial charge < -0.3 is 9.84 Å². The summed E-state index contributed by atoms with van der Waals surface area (Å²) < 4.78 is 34.7. The van der Waals surface area contributed by atoms with Gasteiger partial charge in [0.15, 0.2) is 11.9 Å². The maximum absolute atomic E-state index is 14.4. The number of aliphatic hydroxyl groups excluding tert-OH is 1. The van der Waals surface area contributed by atoms with Gasteiger partial charge in [0, 0.05) is 16.8 Å². The molecule has 1 aliphatic heterocycles. The third-order valence-corrected chi connectivity index (χ3v) is 5.11. The first-order chi connectivity index (χ1) is 15.8. The number of halogens is 4. The molecule has 3 aromatic rings. The zero-order valence-electron chi connectivity index (χ0n) is 17.2. The van der Waals surface area contributed by atoms with E-state index < -0.39 is 29.7 Å². The summed E-state index contributed by atoms with van der Waals surface area (Å²) >= 11 is 6.08. The number of para-hydroxylation sites is 1. The minimum atomic E-state index is -4.27. The number of amides is 3. The van der Waals surface area contributed by atoms with E-state index in [4.69, 9.17) is 16.3 Å². The highest BCUT2D eigenvalue weighted by Gasteiger charge is 2.48. The number of hydrogen-bond donors (Lipinski definition) is 3. The minimum Gasteiger partial charge on any atom is -0.455 e. The topological polar surface area (TPSA) is 104 Å². The number of ether oxygens (including phenoxy) is 1. The number of nitrogens with zero attached hydrogens (tertiary/aromatic N) is 2. The van der Waals surface area contributed by atoms with Crippen LogP contribution in [0.3, 0.4) is 0 Å². The van der Waals surface area contributed by atoms with Crippen molar-refractivity contribution in [1.29, 1.82) is 0 Å². The molecule has 0 bridgehead atoms. The monoisotopic (exact) mass is 510 g/mol. The highest BCUT2D eigenvalue weighted by atomic mass is 35.5. The van der Waals surface area contributed by atoms with E-state index in [0.717, 1.165) is 6.07 Å². The first kappa shape index (κ1) is 25.2.